The second-order valence-electron chi connectivity index (χ2n) is 6.85. The summed E-state index contributed by atoms with van der Waals surface area (Å²) < 4.78 is 2.29. The number of unbranched alkanes of at least 4 members (excludes halogenated alkanes) is 10. The van der Waals surface area contributed by atoms with Gasteiger partial charge in [0.2, 0.25) is 0 Å². The number of nitrogens with zero attached hydrogens (tertiary/aromatic N) is 2. The van der Waals surface area contributed by atoms with Gasteiger partial charge in [-0.1, -0.05) is 64.7 Å². The van der Waals surface area contributed by atoms with Gasteiger partial charge in [0.15, 0.2) is 6.21 Å². The lowest BCUT2D eigenvalue weighted by Crippen LogP contribution is -3.00. The molecule has 23 heavy (non-hydrogen) atoms. The SMILES string of the molecule is CCCCCCCCCCCCC[N+]1=CC=NC1(C)CCO.[Cl-]. The molecule has 1 aliphatic heterocycles. The highest BCUT2D eigenvalue weighted by atomic mass is 35.5. The van der Waals surface area contributed by atoms with Crippen LogP contribution in [-0.2, 0) is 0 Å². The van der Waals surface area contributed by atoms with Crippen LogP contribution in [0.25, 0.3) is 0 Å². The molecule has 1 N–H and O–H groups in total. The zero-order valence-corrected chi connectivity index (χ0v) is 16.0. The van der Waals surface area contributed by atoms with Crippen LogP contribution < -0.4 is 12.4 Å². The Morgan fingerprint density at radius 2 is 1.43 bits per heavy atom. The summed E-state index contributed by atoms with van der Waals surface area (Å²) in [5.74, 6) is 0. The van der Waals surface area contributed by atoms with Gasteiger partial charge in [-0.3, -0.25) is 0 Å². The van der Waals surface area contributed by atoms with Crippen LogP contribution in [0.2, 0.25) is 0 Å². The molecule has 1 atom stereocenters. The van der Waals surface area contributed by atoms with Gasteiger partial charge in [0.05, 0.1) is 19.2 Å². The van der Waals surface area contributed by atoms with Crippen molar-refractivity contribution in [3.8, 4) is 0 Å². The molecular weight excluding hydrogens is 308 g/mol. The molecule has 0 spiro atoms. The molecule has 4 heteroatoms. The minimum absolute atomic E-state index is 0. The van der Waals surface area contributed by atoms with Crippen LogP contribution in [0.4, 0.5) is 0 Å². The number of aliphatic hydroxyl groups excluding tert-OH is 1. The minimum atomic E-state index is -0.201. The molecule has 0 radical (unpaired) electrons. The molecule has 0 fully saturated rings. The average molecular weight is 345 g/mol. The first kappa shape index (κ1) is 22.6. The molecule has 0 amide bonds. The van der Waals surface area contributed by atoms with Crippen LogP contribution in [0.5, 0.6) is 0 Å². The second kappa shape index (κ2) is 14.0. The summed E-state index contributed by atoms with van der Waals surface area (Å²) in [6, 6.07) is 0. The predicted octanol–water partition coefficient (Wildman–Crippen LogP) is 1.57. The van der Waals surface area contributed by atoms with Gasteiger partial charge in [-0.25, -0.2) is 9.57 Å². The molecule has 1 heterocycles. The van der Waals surface area contributed by atoms with Crippen molar-refractivity contribution in [2.45, 2.75) is 96.6 Å². The van der Waals surface area contributed by atoms with Gasteiger partial charge < -0.3 is 17.5 Å². The predicted molar refractivity (Wildman–Crippen MR) is 96.3 cm³/mol. The second-order valence-corrected chi connectivity index (χ2v) is 6.85. The summed E-state index contributed by atoms with van der Waals surface area (Å²) in [5, 5.41) is 9.16. The summed E-state index contributed by atoms with van der Waals surface area (Å²) in [7, 11) is 0. The average Bonchev–Trinajstić information content (AvgIpc) is 2.86. The first-order valence-corrected chi connectivity index (χ1v) is 9.49. The largest absolute Gasteiger partial charge is 1.00 e. The monoisotopic (exact) mass is 344 g/mol. The summed E-state index contributed by atoms with van der Waals surface area (Å²) in [6.45, 7) is 5.66. The van der Waals surface area contributed by atoms with Crippen molar-refractivity contribution in [3.63, 3.8) is 0 Å². The molecule has 0 aromatic heterocycles. The topological polar surface area (TPSA) is 35.6 Å². The molecule has 3 nitrogen and oxygen atoms in total. The molecule has 0 aromatic rings. The Morgan fingerprint density at radius 1 is 0.913 bits per heavy atom. The molecule has 1 aliphatic rings. The lowest BCUT2D eigenvalue weighted by molar-refractivity contribution is -0.596. The zero-order valence-electron chi connectivity index (χ0n) is 15.3. The van der Waals surface area contributed by atoms with Crippen LogP contribution in [0.15, 0.2) is 4.99 Å². The number of aliphatic imine (C=N–C) groups is 1. The van der Waals surface area contributed by atoms with Crippen molar-refractivity contribution in [3.05, 3.63) is 0 Å². The van der Waals surface area contributed by atoms with Crippen molar-refractivity contribution in [2.75, 3.05) is 13.2 Å². The van der Waals surface area contributed by atoms with Crippen molar-refractivity contribution < 1.29 is 22.1 Å². The van der Waals surface area contributed by atoms with Crippen LogP contribution in [-0.4, -0.2) is 40.9 Å². The van der Waals surface area contributed by atoms with E-state index < -0.39 is 0 Å². The van der Waals surface area contributed by atoms with Gasteiger partial charge in [0, 0.05) is 13.3 Å². The van der Waals surface area contributed by atoms with E-state index in [2.05, 4.69) is 29.6 Å². The van der Waals surface area contributed by atoms with E-state index in [1.807, 2.05) is 6.21 Å². The Balaban J connectivity index is 0.00000484. The summed E-state index contributed by atoms with van der Waals surface area (Å²) in [4.78, 5) is 4.49. The molecule has 136 valence electrons. The van der Waals surface area contributed by atoms with Crippen molar-refractivity contribution >= 4 is 12.4 Å². The molecule has 1 rings (SSSR count). The van der Waals surface area contributed by atoms with Gasteiger partial charge in [-0.15, -0.1) is 0 Å². The van der Waals surface area contributed by atoms with Gasteiger partial charge in [-0.2, -0.15) is 0 Å². The van der Waals surface area contributed by atoms with Crippen LogP contribution in [0.3, 0.4) is 0 Å². The van der Waals surface area contributed by atoms with Gasteiger partial charge >= 0.3 is 0 Å². The summed E-state index contributed by atoms with van der Waals surface area (Å²) in [5.41, 5.74) is -0.201. The van der Waals surface area contributed by atoms with Crippen LogP contribution in [0, 0.1) is 0 Å². The Bertz CT molecular complexity index is 344. The Morgan fingerprint density at radius 3 is 1.96 bits per heavy atom. The van der Waals surface area contributed by atoms with Crippen LogP contribution >= 0.6 is 0 Å². The van der Waals surface area contributed by atoms with E-state index >= 15 is 0 Å². The fourth-order valence-electron chi connectivity index (χ4n) is 3.19. The normalized spacial score (nSPS) is 19.7. The lowest BCUT2D eigenvalue weighted by Gasteiger charge is -2.18. The molecule has 0 saturated heterocycles. The van der Waals surface area contributed by atoms with E-state index in [1.54, 1.807) is 0 Å². The van der Waals surface area contributed by atoms with E-state index in [0.29, 0.717) is 0 Å². The Labute approximate surface area is 149 Å². The maximum Gasteiger partial charge on any atom is 0.254 e. The number of halogens is 1. The van der Waals surface area contributed by atoms with E-state index in [4.69, 9.17) is 5.11 Å². The smallest absolute Gasteiger partial charge is 0.254 e. The highest BCUT2D eigenvalue weighted by Crippen LogP contribution is 2.19. The van der Waals surface area contributed by atoms with Gasteiger partial charge in [0.25, 0.3) is 5.66 Å². The van der Waals surface area contributed by atoms with E-state index in [9.17, 15) is 0 Å². The van der Waals surface area contributed by atoms with E-state index in [-0.39, 0.29) is 24.7 Å². The number of hydrogen-bond acceptors (Lipinski definition) is 2. The number of aliphatic hydroxyl groups is 1. The Hall–Kier alpha value is -0.410. The summed E-state index contributed by atoms with van der Waals surface area (Å²) >= 11 is 0. The molecule has 1 unspecified atom stereocenters. The third kappa shape index (κ3) is 9.46. The third-order valence-corrected chi connectivity index (χ3v) is 4.81. The van der Waals surface area contributed by atoms with Crippen molar-refractivity contribution in [2.24, 2.45) is 4.99 Å². The van der Waals surface area contributed by atoms with Crippen molar-refractivity contribution in [1.82, 2.24) is 0 Å². The lowest BCUT2D eigenvalue weighted by atomic mass is 10.1. The fourth-order valence-corrected chi connectivity index (χ4v) is 3.19. The minimum Gasteiger partial charge on any atom is -1.00 e. The van der Waals surface area contributed by atoms with Crippen molar-refractivity contribution in [1.29, 1.82) is 0 Å². The maximum absolute atomic E-state index is 9.16. The first-order valence-electron chi connectivity index (χ1n) is 9.49. The third-order valence-electron chi connectivity index (χ3n) is 4.81. The van der Waals surface area contributed by atoms with E-state index in [1.165, 1.54) is 70.6 Å². The zero-order chi connectivity index (χ0) is 16.1. The molecular formula is C19H37ClN2O. The van der Waals surface area contributed by atoms with Crippen LogP contribution in [0.1, 0.15) is 90.9 Å². The number of hydrogen-bond donors (Lipinski definition) is 1. The quantitative estimate of drug-likeness (QED) is 0.377. The first-order chi connectivity index (χ1) is 10.7. The molecule has 0 aromatic carbocycles. The Kier molecular flexibility index (Phi) is 13.7. The van der Waals surface area contributed by atoms with Gasteiger partial charge in [0.1, 0.15) is 6.54 Å². The molecule has 0 aliphatic carbocycles. The maximum atomic E-state index is 9.16. The molecule has 0 bridgehead atoms. The van der Waals surface area contributed by atoms with Gasteiger partial charge in [-0.05, 0) is 6.42 Å². The highest BCUT2D eigenvalue weighted by molar-refractivity contribution is 6.14. The standard InChI is InChI=1S/C19H37N2O.ClH/c1-3-4-5-6-7-8-9-10-11-12-13-16-21-17-15-20-19(21,2)14-18-22;/h15,17,22H,3-14,16,18H2,1-2H3;1H/q+1;/p-1. The fraction of sp³-hybridized carbons (Fsp3) is 0.895. The summed E-state index contributed by atoms with van der Waals surface area (Å²) in [6.07, 6.45) is 19.9. The number of rotatable bonds is 14. The van der Waals surface area contributed by atoms with E-state index in [0.717, 1.165) is 13.0 Å². The highest BCUT2D eigenvalue weighted by Gasteiger charge is 2.36. The molecule has 0 saturated carbocycles.